The van der Waals surface area contributed by atoms with Gasteiger partial charge in [-0.3, -0.25) is 60.7 Å². The lowest BCUT2D eigenvalue weighted by Gasteiger charge is -2.23. The van der Waals surface area contributed by atoms with Crippen LogP contribution in [0.5, 0.6) is 17.2 Å². The Bertz CT molecular complexity index is 1920. The summed E-state index contributed by atoms with van der Waals surface area (Å²) in [5.41, 5.74) is -20.8. The molecule has 22 nitrogen and oxygen atoms in total. The fourth-order valence-electron chi connectivity index (χ4n) is 3.83. The highest BCUT2D eigenvalue weighted by molar-refractivity contribution is 7.49. The summed E-state index contributed by atoms with van der Waals surface area (Å²) >= 11 is 0. The predicted octanol–water partition coefficient (Wildman–Crippen LogP) is 7.84. The van der Waals surface area contributed by atoms with E-state index in [-0.39, 0.29) is 0 Å². The summed E-state index contributed by atoms with van der Waals surface area (Å²) in [6, 6.07) is -3.09. The standard InChI is InChI=1S/C21H6F9N6O16P/c22-19(23,24)10-1-7(31(37)38)4-13(34(43)44)16(10)50-53(49,51-17-11(20(25,26)27)2-8(32(39)40)5-14(17)35(45)46)52-18-12(21(28,29)30)3-9(33(41)42)6-15(18)36(47)48/h1-6H. The first-order valence-electron chi connectivity index (χ1n) is 12.3. The van der Waals surface area contributed by atoms with Gasteiger partial charge in [-0.15, -0.1) is 0 Å². The molecule has 0 fully saturated rings. The first-order valence-corrected chi connectivity index (χ1v) is 13.8. The fraction of sp³-hybridized carbons (Fsp3) is 0.143. The van der Waals surface area contributed by atoms with Crippen LogP contribution in [0.1, 0.15) is 16.7 Å². The van der Waals surface area contributed by atoms with E-state index >= 15 is 0 Å². The van der Waals surface area contributed by atoms with Crippen molar-refractivity contribution in [2.75, 3.05) is 0 Å². The molecule has 3 aromatic carbocycles. The van der Waals surface area contributed by atoms with Crippen LogP contribution < -0.4 is 13.6 Å². The lowest BCUT2D eigenvalue weighted by Crippen LogP contribution is -2.18. The lowest BCUT2D eigenvalue weighted by molar-refractivity contribution is -0.395. The summed E-state index contributed by atoms with van der Waals surface area (Å²) in [7, 11) is -7.41. The summed E-state index contributed by atoms with van der Waals surface area (Å²) in [4.78, 5) is 57.6. The van der Waals surface area contributed by atoms with Gasteiger partial charge in [0.25, 0.3) is 17.1 Å². The minimum absolute atomic E-state index is 0.403. The lowest BCUT2D eigenvalue weighted by atomic mass is 10.1. The van der Waals surface area contributed by atoms with E-state index in [4.69, 9.17) is 0 Å². The second-order valence-electron chi connectivity index (χ2n) is 9.28. The number of non-ortho nitro benzene ring substituents is 3. The normalized spacial score (nSPS) is 12.1. The summed E-state index contributed by atoms with van der Waals surface area (Å²) < 4.78 is 154. The van der Waals surface area contributed by atoms with Crippen LogP contribution in [0.15, 0.2) is 36.4 Å². The predicted molar refractivity (Wildman–Crippen MR) is 144 cm³/mol. The number of nitro groups is 6. The Labute approximate surface area is 279 Å². The van der Waals surface area contributed by atoms with E-state index < -0.39 is 160 Å². The largest absolute Gasteiger partial charge is 0.647 e. The van der Waals surface area contributed by atoms with Crippen molar-refractivity contribution in [2.24, 2.45) is 0 Å². The van der Waals surface area contributed by atoms with Crippen molar-refractivity contribution in [1.29, 1.82) is 0 Å². The zero-order valence-corrected chi connectivity index (χ0v) is 24.9. The van der Waals surface area contributed by atoms with Gasteiger partial charge in [-0.2, -0.15) is 44.1 Å². The molecule has 53 heavy (non-hydrogen) atoms. The van der Waals surface area contributed by atoms with Gasteiger partial charge in [0, 0.05) is 18.2 Å². The Balaban J connectivity index is 2.62. The van der Waals surface area contributed by atoms with Crippen LogP contribution in [0.3, 0.4) is 0 Å². The zero-order valence-electron chi connectivity index (χ0n) is 24.0. The third kappa shape index (κ3) is 8.69. The molecule has 284 valence electrons. The van der Waals surface area contributed by atoms with Gasteiger partial charge in [-0.05, 0) is 0 Å². The molecular formula is C21H6F9N6O16P. The van der Waals surface area contributed by atoms with E-state index in [2.05, 4.69) is 13.6 Å². The summed E-state index contributed by atoms with van der Waals surface area (Å²) in [6.07, 6.45) is -18.4. The second-order valence-corrected chi connectivity index (χ2v) is 10.7. The van der Waals surface area contributed by atoms with Gasteiger partial charge in [0.2, 0.25) is 17.2 Å². The van der Waals surface area contributed by atoms with Crippen LogP contribution in [0, 0.1) is 60.7 Å². The quantitative estimate of drug-likeness (QED) is 0.0728. The molecular weight excluding hydrogens is 794 g/mol. The number of halogens is 9. The summed E-state index contributed by atoms with van der Waals surface area (Å²) in [5.74, 6) is -7.98. The average molecular weight is 800 g/mol. The van der Waals surface area contributed by atoms with Crippen LogP contribution >= 0.6 is 7.82 Å². The Morgan fingerprint density at radius 2 is 0.623 bits per heavy atom. The van der Waals surface area contributed by atoms with Crippen LogP contribution in [-0.4, -0.2) is 29.5 Å². The zero-order chi connectivity index (χ0) is 40.8. The molecule has 0 unspecified atom stereocenters. The Hall–Kier alpha value is -6.94. The number of hydrogen-bond acceptors (Lipinski definition) is 16. The highest BCUT2D eigenvalue weighted by Crippen LogP contribution is 2.60. The summed E-state index contributed by atoms with van der Waals surface area (Å²) in [5, 5.41) is 68.7. The Morgan fingerprint density at radius 3 is 0.774 bits per heavy atom. The molecule has 0 aromatic heterocycles. The maximum absolute atomic E-state index is 14.1. The number of benzene rings is 3. The topological polar surface area (TPSA) is 304 Å². The van der Waals surface area contributed by atoms with Crippen molar-refractivity contribution >= 4 is 41.9 Å². The molecule has 0 heterocycles. The molecule has 0 aliphatic heterocycles. The third-order valence-electron chi connectivity index (χ3n) is 5.91. The van der Waals surface area contributed by atoms with E-state index in [1.165, 1.54) is 0 Å². The first kappa shape index (κ1) is 40.5. The minimum atomic E-state index is -7.41. The van der Waals surface area contributed by atoms with E-state index in [1.54, 1.807) is 0 Å². The fourth-order valence-corrected chi connectivity index (χ4v) is 5.19. The number of hydrogen-bond donors (Lipinski definition) is 0. The van der Waals surface area contributed by atoms with Gasteiger partial charge in [0.05, 0.1) is 47.7 Å². The Morgan fingerprint density at radius 1 is 0.415 bits per heavy atom. The van der Waals surface area contributed by atoms with Crippen LogP contribution in [0.2, 0.25) is 0 Å². The molecule has 0 saturated heterocycles. The average Bonchev–Trinajstić information content (AvgIpc) is 2.98. The van der Waals surface area contributed by atoms with Crippen molar-refractivity contribution < 1.29 is 87.2 Å². The third-order valence-corrected chi connectivity index (χ3v) is 7.13. The summed E-state index contributed by atoms with van der Waals surface area (Å²) in [6.45, 7) is 0. The molecule has 0 aliphatic carbocycles. The van der Waals surface area contributed by atoms with Crippen molar-refractivity contribution in [3.8, 4) is 17.2 Å². The maximum Gasteiger partial charge on any atom is 0.647 e. The molecule has 3 aromatic rings. The van der Waals surface area contributed by atoms with Gasteiger partial charge in [0.1, 0.15) is 16.7 Å². The molecule has 0 amide bonds. The molecule has 0 aliphatic rings. The number of nitrogens with zero attached hydrogens (tertiary/aromatic N) is 6. The van der Waals surface area contributed by atoms with Crippen molar-refractivity contribution in [2.45, 2.75) is 18.5 Å². The molecule has 0 bridgehead atoms. The van der Waals surface area contributed by atoms with Gasteiger partial charge >= 0.3 is 43.4 Å². The van der Waals surface area contributed by atoms with Gasteiger partial charge in [0.15, 0.2) is 0 Å². The van der Waals surface area contributed by atoms with E-state index in [0.717, 1.165) is 0 Å². The van der Waals surface area contributed by atoms with Crippen molar-refractivity contribution in [1.82, 2.24) is 0 Å². The highest BCUT2D eigenvalue weighted by atomic mass is 31.2. The number of phosphoric ester groups is 1. The smallest absolute Gasteiger partial charge is 0.378 e. The Kier molecular flexibility index (Phi) is 10.4. The van der Waals surface area contributed by atoms with E-state index in [1.807, 2.05) is 0 Å². The van der Waals surface area contributed by atoms with Gasteiger partial charge < -0.3 is 13.6 Å². The SMILES string of the molecule is O=[N+]([O-])c1cc([N+](=O)[O-])c(OP(=O)(Oc2c([N+](=O)[O-])cc([N+](=O)[O-])cc2C(F)(F)F)Oc2c([N+](=O)[O-])cc([N+](=O)[O-])cc2C(F)(F)F)c(C(F)(F)F)c1. The molecule has 32 heteroatoms. The molecule has 3 rings (SSSR count). The van der Waals surface area contributed by atoms with Crippen LogP contribution in [0.4, 0.5) is 73.6 Å². The van der Waals surface area contributed by atoms with Gasteiger partial charge in [-0.1, -0.05) is 0 Å². The molecule has 0 radical (unpaired) electrons. The highest BCUT2D eigenvalue weighted by Gasteiger charge is 2.51. The van der Waals surface area contributed by atoms with E-state index in [0.29, 0.717) is 0 Å². The minimum Gasteiger partial charge on any atom is -0.378 e. The van der Waals surface area contributed by atoms with Gasteiger partial charge in [-0.25, -0.2) is 0 Å². The first-order chi connectivity index (χ1) is 24.0. The molecule has 0 atom stereocenters. The van der Waals surface area contributed by atoms with Crippen molar-refractivity contribution in [3.05, 3.63) is 114 Å². The molecule has 0 spiro atoms. The number of rotatable bonds is 12. The van der Waals surface area contributed by atoms with E-state index in [9.17, 15) is 105 Å². The second kappa shape index (κ2) is 13.6. The van der Waals surface area contributed by atoms with Crippen LogP contribution in [0.25, 0.3) is 0 Å². The van der Waals surface area contributed by atoms with Crippen LogP contribution in [-0.2, 0) is 23.1 Å². The molecule has 0 N–H and O–H groups in total. The van der Waals surface area contributed by atoms with Crippen molar-refractivity contribution in [3.63, 3.8) is 0 Å². The number of alkyl halides is 9. The molecule has 0 saturated carbocycles. The maximum atomic E-state index is 14.1. The number of nitro benzene ring substituents is 6. The number of phosphoric acid groups is 1. The monoisotopic (exact) mass is 800 g/mol.